The molecule has 1 aromatic carbocycles. The van der Waals surface area contributed by atoms with Crippen LogP contribution in [0.5, 0.6) is 0 Å². The highest BCUT2D eigenvalue weighted by Crippen LogP contribution is 2.38. The van der Waals surface area contributed by atoms with Gasteiger partial charge < -0.3 is 25.1 Å². The van der Waals surface area contributed by atoms with Gasteiger partial charge in [0.2, 0.25) is 0 Å². The molecule has 0 aliphatic carbocycles. The molecule has 0 aliphatic rings. The number of ether oxygens (including phenoxy) is 2. The van der Waals surface area contributed by atoms with E-state index in [4.69, 9.17) is 9.47 Å². The van der Waals surface area contributed by atoms with Crippen LogP contribution in [0.15, 0.2) is 60.9 Å². The van der Waals surface area contributed by atoms with Crippen molar-refractivity contribution in [2.75, 3.05) is 5.32 Å². The summed E-state index contributed by atoms with van der Waals surface area (Å²) in [7, 11) is 0. The normalized spacial score (nSPS) is 13.5. The van der Waals surface area contributed by atoms with Gasteiger partial charge in [0.1, 0.15) is 28.9 Å². The molecular formula is C31H36FN5O4. The molecule has 2 amide bonds. The van der Waals surface area contributed by atoms with E-state index in [2.05, 4.69) is 25.6 Å². The molecule has 0 saturated heterocycles. The van der Waals surface area contributed by atoms with Gasteiger partial charge in [0.15, 0.2) is 0 Å². The fourth-order valence-electron chi connectivity index (χ4n) is 4.45. The first kappa shape index (κ1) is 29.7. The summed E-state index contributed by atoms with van der Waals surface area (Å²) in [5.41, 5.74) is 2.51. The van der Waals surface area contributed by atoms with Crippen LogP contribution >= 0.6 is 0 Å². The minimum Gasteiger partial charge on any atom is -0.444 e. The number of hydrogen-bond acceptors (Lipinski definition) is 6. The van der Waals surface area contributed by atoms with Crippen molar-refractivity contribution in [1.82, 2.24) is 20.3 Å². The highest BCUT2D eigenvalue weighted by Gasteiger charge is 2.32. The Balaban J connectivity index is 1.68. The van der Waals surface area contributed by atoms with Gasteiger partial charge >= 0.3 is 6.09 Å². The van der Waals surface area contributed by atoms with Gasteiger partial charge in [0, 0.05) is 23.3 Å². The summed E-state index contributed by atoms with van der Waals surface area (Å²) in [4.78, 5) is 38.2. The van der Waals surface area contributed by atoms with Crippen LogP contribution in [0.3, 0.4) is 0 Å². The van der Waals surface area contributed by atoms with Crippen LogP contribution in [0, 0.1) is 5.82 Å². The molecule has 0 aliphatic heterocycles. The van der Waals surface area contributed by atoms with Crippen molar-refractivity contribution in [2.24, 2.45) is 0 Å². The average Bonchev–Trinajstić information content (AvgIpc) is 3.24. The Kier molecular flexibility index (Phi) is 8.44. The molecule has 0 saturated carbocycles. The number of aromatic nitrogens is 3. The molecule has 4 rings (SSSR count). The third-order valence-electron chi connectivity index (χ3n) is 5.97. The molecule has 4 aromatic rings. The Labute approximate surface area is 238 Å². The van der Waals surface area contributed by atoms with Crippen molar-refractivity contribution < 1.29 is 23.5 Å². The first-order chi connectivity index (χ1) is 19.2. The second-order valence-electron chi connectivity index (χ2n) is 11.8. The summed E-state index contributed by atoms with van der Waals surface area (Å²) in [6, 6.07) is 12.4. The van der Waals surface area contributed by atoms with Crippen LogP contribution in [-0.2, 0) is 14.3 Å². The largest absolute Gasteiger partial charge is 0.444 e. The lowest BCUT2D eigenvalue weighted by Gasteiger charge is -2.31. The number of halogens is 1. The molecule has 0 fully saturated rings. The summed E-state index contributed by atoms with van der Waals surface area (Å²) in [5.74, 6) is -0.577. The van der Waals surface area contributed by atoms with E-state index in [-0.39, 0.29) is 11.6 Å². The van der Waals surface area contributed by atoms with E-state index >= 15 is 0 Å². The van der Waals surface area contributed by atoms with Gasteiger partial charge in [-0.05, 0) is 108 Å². The maximum Gasteiger partial charge on any atom is 0.408 e. The molecule has 0 radical (unpaired) electrons. The van der Waals surface area contributed by atoms with E-state index in [0.29, 0.717) is 5.65 Å². The van der Waals surface area contributed by atoms with Crippen LogP contribution in [0.25, 0.3) is 33.4 Å². The smallest absolute Gasteiger partial charge is 0.408 e. The van der Waals surface area contributed by atoms with Crippen molar-refractivity contribution in [2.45, 2.75) is 71.8 Å². The van der Waals surface area contributed by atoms with Gasteiger partial charge in [-0.25, -0.2) is 14.2 Å². The fourth-order valence-corrected chi connectivity index (χ4v) is 4.45. The number of alkyl carbamates (subject to hydrolysis) is 1. The number of hydrogen-bond donors (Lipinski definition) is 3. The lowest BCUT2D eigenvalue weighted by atomic mass is 10.00. The van der Waals surface area contributed by atoms with Crippen molar-refractivity contribution >= 4 is 28.9 Å². The second-order valence-corrected chi connectivity index (χ2v) is 11.8. The maximum absolute atomic E-state index is 13.7. The van der Waals surface area contributed by atoms with Crippen molar-refractivity contribution in [3.8, 4) is 22.4 Å². The highest BCUT2D eigenvalue weighted by atomic mass is 19.1. The monoisotopic (exact) mass is 561 g/mol. The SMILES string of the molecule is CC(OC(C)(C)C)[C@H](NC(=O)OC(C)(C)C)C(=O)Nc1ccc2c(-c3ccncc3)c(-c3ccc(F)cc3)[nH]c2n1. The number of H-pyrrole nitrogens is 1. The molecule has 216 valence electrons. The van der Waals surface area contributed by atoms with Gasteiger partial charge in [0.25, 0.3) is 5.91 Å². The number of rotatable bonds is 7. The van der Waals surface area contributed by atoms with Gasteiger partial charge in [-0.3, -0.25) is 9.78 Å². The number of benzene rings is 1. The molecule has 10 heteroatoms. The Morgan fingerprint density at radius 3 is 2.17 bits per heavy atom. The fraction of sp³-hybridized carbons (Fsp3) is 0.355. The number of pyridine rings is 2. The molecule has 3 aromatic heterocycles. The zero-order chi connectivity index (χ0) is 29.9. The summed E-state index contributed by atoms with van der Waals surface area (Å²) in [6.45, 7) is 12.5. The van der Waals surface area contributed by atoms with E-state index in [1.807, 2.05) is 39.0 Å². The lowest BCUT2D eigenvalue weighted by molar-refractivity contribution is -0.126. The Morgan fingerprint density at radius 1 is 0.902 bits per heavy atom. The second kappa shape index (κ2) is 11.7. The minimum atomic E-state index is -1.06. The van der Waals surface area contributed by atoms with Gasteiger partial charge in [-0.15, -0.1) is 0 Å². The zero-order valence-electron chi connectivity index (χ0n) is 24.3. The Hall–Kier alpha value is -4.31. The number of nitrogens with one attached hydrogen (secondary N) is 3. The molecular weight excluding hydrogens is 525 g/mol. The topological polar surface area (TPSA) is 118 Å². The van der Waals surface area contributed by atoms with Gasteiger partial charge in [-0.2, -0.15) is 0 Å². The van der Waals surface area contributed by atoms with Crippen molar-refractivity contribution in [1.29, 1.82) is 0 Å². The molecule has 3 N–H and O–H groups in total. The molecule has 2 atom stereocenters. The van der Waals surface area contributed by atoms with Gasteiger partial charge in [0.05, 0.1) is 17.4 Å². The summed E-state index contributed by atoms with van der Waals surface area (Å²) in [6.07, 6.45) is 1.98. The quantitative estimate of drug-likeness (QED) is 0.238. The molecule has 41 heavy (non-hydrogen) atoms. The first-order valence-corrected chi connectivity index (χ1v) is 13.4. The first-order valence-electron chi connectivity index (χ1n) is 13.4. The average molecular weight is 562 g/mol. The predicted octanol–water partition coefficient (Wildman–Crippen LogP) is 6.47. The molecule has 0 bridgehead atoms. The molecule has 1 unspecified atom stereocenters. The van der Waals surface area contributed by atoms with Crippen LogP contribution in [0.1, 0.15) is 48.5 Å². The number of carbonyl (C=O) groups excluding carboxylic acids is 2. The summed E-state index contributed by atoms with van der Waals surface area (Å²) < 4.78 is 25.0. The van der Waals surface area contributed by atoms with E-state index in [9.17, 15) is 14.0 Å². The maximum atomic E-state index is 13.7. The zero-order valence-corrected chi connectivity index (χ0v) is 24.3. The standard InChI is InChI=1S/C31H36FN5O4/c1-18(40-30(2,3)4)25(37-29(39)41-31(5,6)7)28(38)35-23-13-12-22-24(19-14-16-33-17-15-19)26(36-27(22)34-23)20-8-10-21(32)11-9-20/h8-18,25H,1-7H3,(H,37,39)(H2,34,35,36,38)/t18?,25-/m0/s1. The van der Waals surface area contributed by atoms with Crippen LogP contribution in [0.4, 0.5) is 15.0 Å². The number of fused-ring (bicyclic) bond motifs is 1. The molecule has 0 spiro atoms. The Morgan fingerprint density at radius 2 is 1.56 bits per heavy atom. The van der Waals surface area contributed by atoms with Crippen molar-refractivity contribution in [3.05, 3.63) is 66.7 Å². The third kappa shape index (κ3) is 7.67. The van der Waals surface area contributed by atoms with Crippen LogP contribution < -0.4 is 10.6 Å². The lowest BCUT2D eigenvalue weighted by Crippen LogP contribution is -2.53. The molecule has 3 heterocycles. The number of carbonyl (C=O) groups is 2. The highest BCUT2D eigenvalue weighted by molar-refractivity contribution is 6.04. The number of aromatic amines is 1. The van der Waals surface area contributed by atoms with Crippen molar-refractivity contribution in [3.63, 3.8) is 0 Å². The van der Waals surface area contributed by atoms with Gasteiger partial charge in [-0.1, -0.05) is 0 Å². The van der Waals surface area contributed by atoms with E-state index in [0.717, 1.165) is 27.8 Å². The summed E-state index contributed by atoms with van der Waals surface area (Å²) in [5, 5.41) is 6.26. The van der Waals surface area contributed by atoms with E-state index in [1.54, 1.807) is 58.3 Å². The van der Waals surface area contributed by atoms with Crippen LogP contribution in [-0.4, -0.2) is 50.3 Å². The van der Waals surface area contributed by atoms with E-state index < -0.39 is 35.3 Å². The summed E-state index contributed by atoms with van der Waals surface area (Å²) >= 11 is 0. The van der Waals surface area contributed by atoms with Crippen LogP contribution in [0.2, 0.25) is 0 Å². The van der Waals surface area contributed by atoms with E-state index in [1.165, 1.54) is 12.1 Å². The Bertz CT molecular complexity index is 1520. The number of anilines is 1. The molecule has 9 nitrogen and oxygen atoms in total. The third-order valence-corrected chi connectivity index (χ3v) is 5.97. The number of amides is 2. The minimum absolute atomic E-state index is 0.273. The predicted molar refractivity (Wildman–Crippen MR) is 157 cm³/mol. The number of nitrogens with zero attached hydrogens (tertiary/aromatic N) is 2.